The molecule has 0 atom stereocenters. The summed E-state index contributed by atoms with van der Waals surface area (Å²) in [5.41, 5.74) is 0.108. The molecular weight excluding hydrogens is 386 g/mol. The molecule has 0 fully saturated rings. The van der Waals surface area contributed by atoms with Crippen LogP contribution in [-0.4, -0.2) is 55.6 Å². The Kier molecular flexibility index (Phi) is 7.90. The number of nitro groups is 1. The molecule has 1 heterocycles. The number of rotatable bonds is 10. The number of carbonyl (C=O) groups is 2. The molecule has 10 heteroatoms. The zero-order valence-corrected chi connectivity index (χ0v) is 16.4. The monoisotopic (exact) mass is 407 g/mol. The standard InChI is InChI=1S/C18H21N3O6S/c1-20(11-14-4-3-9-28-14)17(22)12-27-18(23)15-10-13(21(24)25)5-6-16(15)19-7-8-26-2/h3-6,9-10,19H,7-8,11-12H2,1-2H3. The second-order valence-corrected chi connectivity index (χ2v) is 6.84. The van der Waals surface area contributed by atoms with Crippen LogP contribution in [0.3, 0.4) is 0 Å². The highest BCUT2D eigenvalue weighted by Gasteiger charge is 2.20. The molecule has 1 amide bonds. The highest BCUT2D eigenvalue weighted by molar-refractivity contribution is 7.09. The van der Waals surface area contributed by atoms with Crippen LogP contribution in [0.4, 0.5) is 11.4 Å². The number of ether oxygens (including phenoxy) is 2. The normalized spacial score (nSPS) is 10.4. The van der Waals surface area contributed by atoms with E-state index in [0.29, 0.717) is 25.4 Å². The molecular formula is C18H21N3O6S. The molecule has 150 valence electrons. The van der Waals surface area contributed by atoms with Gasteiger partial charge in [-0.15, -0.1) is 11.3 Å². The number of methoxy groups -OCH3 is 1. The Morgan fingerprint density at radius 2 is 2.11 bits per heavy atom. The molecule has 0 saturated heterocycles. The molecule has 1 N–H and O–H groups in total. The first-order valence-electron chi connectivity index (χ1n) is 8.37. The van der Waals surface area contributed by atoms with Crippen LogP contribution in [0.15, 0.2) is 35.7 Å². The van der Waals surface area contributed by atoms with Gasteiger partial charge in [-0.1, -0.05) is 6.07 Å². The number of hydrogen-bond donors (Lipinski definition) is 1. The van der Waals surface area contributed by atoms with E-state index < -0.39 is 17.5 Å². The quantitative estimate of drug-likeness (QED) is 0.279. The summed E-state index contributed by atoms with van der Waals surface area (Å²) in [6.45, 7) is 0.740. The van der Waals surface area contributed by atoms with Gasteiger partial charge < -0.3 is 19.7 Å². The second kappa shape index (κ2) is 10.4. The van der Waals surface area contributed by atoms with E-state index in [-0.39, 0.29) is 17.2 Å². The number of amides is 1. The second-order valence-electron chi connectivity index (χ2n) is 5.81. The number of non-ortho nitro benzene ring substituents is 1. The fourth-order valence-corrected chi connectivity index (χ4v) is 3.05. The van der Waals surface area contributed by atoms with Gasteiger partial charge in [0.2, 0.25) is 0 Å². The maximum absolute atomic E-state index is 12.4. The zero-order chi connectivity index (χ0) is 20.5. The number of thiophene rings is 1. The van der Waals surface area contributed by atoms with Crippen LogP contribution < -0.4 is 5.32 Å². The van der Waals surface area contributed by atoms with Crippen LogP contribution in [0.5, 0.6) is 0 Å². The predicted octanol–water partition coefficient (Wildman–Crippen LogP) is 2.53. The molecule has 0 aliphatic rings. The van der Waals surface area contributed by atoms with Crippen LogP contribution in [0, 0.1) is 10.1 Å². The molecule has 0 aliphatic heterocycles. The van der Waals surface area contributed by atoms with E-state index in [1.165, 1.54) is 35.5 Å². The number of nitro benzene ring substituents is 1. The number of esters is 1. The van der Waals surface area contributed by atoms with Crippen molar-refractivity contribution < 1.29 is 24.0 Å². The van der Waals surface area contributed by atoms with Gasteiger partial charge in [-0.05, 0) is 17.5 Å². The van der Waals surface area contributed by atoms with E-state index >= 15 is 0 Å². The van der Waals surface area contributed by atoms with Crippen molar-refractivity contribution in [3.63, 3.8) is 0 Å². The zero-order valence-electron chi connectivity index (χ0n) is 15.5. The minimum atomic E-state index is -0.818. The van der Waals surface area contributed by atoms with Crippen molar-refractivity contribution in [2.75, 3.05) is 39.2 Å². The molecule has 2 aromatic rings. The smallest absolute Gasteiger partial charge is 0.341 e. The van der Waals surface area contributed by atoms with Crippen molar-refractivity contribution in [2.24, 2.45) is 0 Å². The third-order valence-corrected chi connectivity index (χ3v) is 4.64. The van der Waals surface area contributed by atoms with Crippen LogP contribution >= 0.6 is 11.3 Å². The van der Waals surface area contributed by atoms with E-state index in [0.717, 1.165) is 10.9 Å². The average molecular weight is 407 g/mol. The van der Waals surface area contributed by atoms with Crippen molar-refractivity contribution in [2.45, 2.75) is 6.54 Å². The highest BCUT2D eigenvalue weighted by atomic mass is 32.1. The summed E-state index contributed by atoms with van der Waals surface area (Å²) >= 11 is 1.52. The van der Waals surface area contributed by atoms with E-state index in [1.807, 2.05) is 17.5 Å². The fourth-order valence-electron chi connectivity index (χ4n) is 2.30. The summed E-state index contributed by atoms with van der Waals surface area (Å²) in [7, 11) is 3.14. The van der Waals surface area contributed by atoms with Gasteiger partial charge in [0.05, 0.1) is 23.6 Å². The number of carbonyl (C=O) groups excluding carboxylic acids is 2. The number of hydrogen-bond acceptors (Lipinski definition) is 8. The van der Waals surface area contributed by atoms with Gasteiger partial charge in [0.1, 0.15) is 0 Å². The molecule has 2 rings (SSSR count). The predicted molar refractivity (Wildman–Crippen MR) is 105 cm³/mol. The van der Waals surface area contributed by atoms with Gasteiger partial charge in [-0.25, -0.2) is 4.79 Å². The number of likely N-dealkylation sites (N-methyl/N-ethyl adjacent to an activating group) is 1. The van der Waals surface area contributed by atoms with Gasteiger partial charge in [0.15, 0.2) is 6.61 Å². The molecule has 0 radical (unpaired) electrons. The molecule has 9 nitrogen and oxygen atoms in total. The summed E-state index contributed by atoms with van der Waals surface area (Å²) < 4.78 is 10.0. The van der Waals surface area contributed by atoms with Gasteiger partial charge in [-0.3, -0.25) is 14.9 Å². The summed E-state index contributed by atoms with van der Waals surface area (Å²) in [5, 5.41) is 15.9. The lowest BCUT2D eigenvalue weighted by Gasteiger charge is -2.16. The van der Waals surface area contributed by atoms with Crippen molar-refractivity contribution >= 4 is 34.6 Å². The first-order chi connectivity index (χ1) is 13.4. The van der Waals surface area contributed by atoms with E-state index in [9.17, 15) is 19.7 Å². The summed E-state index contributed by atoms with van der Waals surface area (Å²) in [6.07, 6.45) is 0. The van der Waals surface area contributed by atoms with Crippen molar-refractivity contribution in [3.05, 3.63) is 56.3 Å². The Hall–Kier alpha value is -2.98. The number of anilines is 1. The molecule has 0 bridgehead atoms. The Labute approximate surface area is 166 Å². The maximum Gasteiger partial charge on any atom is 0.341 e. The number of nitrogens with one attached hydrogen (secondary N) is 1. The molecule has 0 saturated carbocycles. The van der Waals surface area contributed by atoms with Crippen LogP contribution in [0.25, 0.3) is 0 Å². The number of nitrogens with zero attached hydrogens (tertiary/aromatic N) is 2. The topological polar surface area (TPSA) is 111 Å². The minimum absolute atomic E-state index is 0.0148. The number of benzene rings is 1. The maximum atomic E-state index is 12.4. The van der Waals surface area contributed by atoms with E-state index in [1.54, 1.807) is 7.05 Å². The van der Waals surface area contributed by atoms with Crippen LogP contribution in [0.1, 0.15) is 15.2 Å². The van der Waals surface area contributed by atoms with Crippen LogP contribution in [-0.2, 0) is 20.8 Å². The fraction of sp³-hybridized carbons (Fsp3) is 0.333. The first kappa shape index (κ1) is 21.3. The van der Waals surface area contributed by atoms with E-state index in [4.69, 9.17) is 9.47 Å². The average Bonchev–Trinajstić information content (AvgIpc) is 3.19. The Bertz CT molecular complexity index is 825. The largest absolute Gasteiger partial charge is 0.452 e. The SMILES string of the molecule is COCCNc1ccc([N+](=O)[O-])cc1C(=O)OCC(=O)N(C)Cc1cccs1. The summed E-state index contributed by atoms with van der Waals surface area (Å²) in [5.74, 6) is -1.19. The van der Waals surface area contributed by atoms with Crippen LogP contribution in [0.2, 0.25) is 0 Å². The summed E-state index contributed by atoms with van der Waals surface area (Å²) in [6, 6.07) is 7.62. The molecule has 1 aromatic heterocycles. The third-order valence-electron chi connectivity index (χ3n) is 3.78. The molecule has 28 heavy (non-hydrogen) atoms. The Morgan fingerprint density at radius 1 is 1.32 bits per heavy atom. The molecule has 0 unspecified atom stereocenters. The minimum Gasteiger partial charge on any atom is -0.452 e. The van der Waals surface area contributed by atoms with Gasteiger partial charge in [0.25, 0.3) is 11.6 Å². The molecule has 1 aromatic carbocycles. The lowest BCUT2D eigenvalue weighted by atomic mass is 10.1. The van der Waals surface area contributed by atoms with Gasteiger partial charge in [0, 0.05) is 43.4 Å². The molecule has 0 aliphatic carbocycles. The summed E-state index contributed by atoms with van der Waals surface area (Å²) in [4.78, 5) is 37.5. The van der Waals surface area contributed by atoms with E-state index in [2.05, 4.69) is 5.32 Å². The van der Waals surface area contributed by atoms with Crippen molar-refractivity contribution in [3.8, 4) is 0 Å². The lowest BCUT2D eigenvalue weighted by molar-refractivity contribution is -0.384. The Balaban J connectivity index is 2.03. The van der Waals surface area contributed by atoms with Gasteiger partial charge in [-0.2, -0.15) is 0 Å². The third kappa shape index (κ3) is 6.03. The highest BCUT2D eigenvalue weighted by Crippen LogP contribution is 2.23. The van der Waals surface area contributed by atoms with Crippen molar-refractivity contribution in [1.29, 1.82) is 0 Å². The Morgan fingerprint density at radius 3 is 2.75 bits per heavy atom. The van der Waals surface area contributed by atoms with Gasteiger partial charge >= 0.3 is 5.97 Å². The first-order valence-corrected chi connectivity index (χ1v) is 9.25. The van der Waals surface area contributed by atoms with Crippen molar-refractivity contribution in [1.82, 2.24) is 4.90 Å². The lowest BCUT2D eigenvalue weighted by Crippen LogP contribution is -2.30. The molecule has 0 spiro atoms.